The van der Waals surface area contributed by atoms with Crippen LogP contribution >= 0.6 is 0 Å². The fraction of sp³-hybridized carbons (Fsp3) is 0.565. The SMILES string of the molecule is CC1=C(C(=O)CC(C)C(C)C(=O)c2ccc(OCCOc3ccc(C(=O)C(C)C(C)CC(=O)C4=C(C)CCCC4(C)C)cc3)cc2)C(C)(C)CCC1. The van der Waals surface area contributed by atoms with Gasteiger partial charge in [0.05, 0.1) is 0 Å². The number of allylic oxidation sites excluding steroid dienone is 4. The Bertz CT molecular complexity index is 1540. The molecular weight excluding hydrogens is 649 g/mol. The lowest BCUT2D eigenvalue weighted by atomic mass is 9.69. The highest BCUT2D eigenvalue weighted by molar-refractivity contribution is 6.01. The van der Waals surface area contributed by atoms with Gasteiger partial charge in [0.2, 0.25) is 0 Å². The van der Waals surface area contributed by atoms with Crippen molar-refractivity contribution < 1.29 is 28.7 Å². The van der Waals surface area contributed by atoms with Crippen LogP contribution in [0.25, 0.3) is 0 Å². The van der Waals surface area contributed by atoms with E-state index < -0.39 is 0 Å². The lowest BCUT2D eigenvalue weighted by Crippen LogP contribution is -2.29. The average Bonchev–Trinajstić information content (AvgIpc) is 3.08. The molecule has 0 heterocycles. The van der Waals surface area contributed by atoms with Crippen LogP contribution in [-0.4, -0.2) is 36.3 Å². The topological polar surface area (TPSA) is 86.7 Å². The summed E-state index contributed by atoms with van der Waals surface area (Å²) in [5.41, 5.74) is 5.33. The Labute approximate surface area is 312 Å². The third-order valence-corrected chi connectivity index (χ3v) is 11.9. The molecule has 4 rings (SSSR count). The van der Waals surface area contributed by atoms with Crippen LogP contribution in [0.2, 0.25) is 0 Å². The van der Waals surface area contributed by atoms with Gasteiger partial charge in [0.25, 0.3) is 0 Å². The lowest BCUT2D eigenvalue weighted by molar-refractivity contribution is -0.118. The summed E-state index contributed by atoms with van der Waals surface area (Å²) in [7, 11) is 0. The first-order valence-electron chi connectivity index (χ1n) is 19.4. The summed E-state index contributed by atoms with van der Waals surface area (Å²) in [6.45, 7) is 21.2. The van der Waals surface area contributed by atoms with Crippen LogP contribution < -0.4 is 9.47 Å². The van der Waals surface area contributed by atoms with Crippen molar-refractivity contribution in [2.75, 3.05) is 13.2 Å². The van der Waals surface area contributed by atoms with Gasteiger partial charge < -0.3 is 9.47 Å². The van der Waals surface area contributed by atoms with Crippen LogP contribution in [-0.2, 0) is 9.59 Å². The summed E-state index contributed by atoms with van der Waals surface area (Å²) >= 11 is 0. The molecule has 0 bridgehead atoms. The van der Waals surface area contributed by atoms with E-state index in [1.165, 1.54) is 11.1 Å². The number of carbonyl (C=O) groups is 4. The van der Waals surface area contributed by atoms with Gasteiger partial charge in [0.15, 0.2) is 23.1 Å². The van der Waals surface area contributed by atoms with Gasteiger partial charge in [-0.2, -0.15) is 0 Å². The van der Waals surface area contributed by atoms with Crippen LogP contribution in [0.15, 0.2) is 70.8 Å². The quantitative estimate of drug-likeness (QED) is 0.120. The predicted octanol–water partition coefficient (Wildman–Crippen LogP) is 11.0. The second-order valence-electron chi connectivity index (χ2n) is 17.0. The van der Waals surface area contributed by atoms with E-state index in [0.29, 0.717) is 48.7 Å². The summed E-state index contributed by atoms with van der Waals surface area (Å²) in [4.78, 5) is 53.3. The minimum absolute atomic E-state index is 0.0271. The summed E-state index contributed by atoms with van der Waals surface area (Å²) in [5.74, 6) is 0.993. The highest BCUT2D eigenvalue weighted by Crippen LogP contribution is 2.43. The Hall–Kier alpha value is -3.80. The van der Waals surface area contributed by atoms with Crippen LogP contribution in [0.4, 0.5) is 0 Å². The molecule has 0 saturated heterocycles. The minimum atomic E-state index is -0.282. The van der Waals surface area contributed by atoms with Crippen LogP contribution in [0, 0.1) is 34.5 Å². The van der Waals surface area contributed by atoms with Crippen molar-refractivity contribution in [1.29, 1.82) is 0 Å². The lowest BCUT2D eigenvalue weighted by Gasteiger charge is -2.34. The van der Waals surface area contributed by atoms with Crippen molar-refractivity contribution >= 4 is 23.1 Å². The Balaban J connectivity index is 1.21. The summed E-state index contributed by atoms with van der Waals surface area (Å²) < 4.78 is 11.7. The molecule has 2 aromatic carbocycles. The van der Waals surface area contributed by atoms with Crippen molar-refractivity contribution in [3.05, 3.63) is 82.0 Å². The molecule has 4 atom stereocenters. The number of ketones is 4. The molecule has 0 saturated carbocycles. The zero-order chi connectivity index (χ0) is 38.4. The van der Waals surface area contributed by atoms with E-state index in [-0.39, 0.29) is 57.6 Å². The van der Waals surface area contributed by atoms with Gasteiger partial charge in [-0.25, -0.2) is 0 Å². The smallest absolute Gasteiger partial charge is 0.165 e. The molecule has 6 heteroatoms. The normalized spacial score (nSPS) is 19.3. The van der Waals surface area contributed by atoms with E-state index >= 15 is 0 Å². The van der Waals surface area contributed by atoms with Crippen molar-refractivity contribution in [3.8, 4) is 11.5 Å². The van der Waals surface area contributed by atoms with Crippen LogP contribution in [0.1, 0.15) is 141 Å². The van der Waals surface area contributed by atoms with E-state index in [1.807, 2.05) is 27.7 Å². The fourth-order valence-corrected chi connectivity index (χ4v) is 8.41. The van der Waals surface area contributed by atoms with E-state index in [1.54, 1.807) is 48.5 Å². The third kappa shape index (κ3) is 9.99. The molecule has 6 nitrogen and oxygen atoms in total. The third-order valence-electron chi connectivity index (χ3n) is 11.9. The van der Waals surface area contributed by atoms with Crippen LogP contribution in [0.3, 0.4) is 0 Å². The standard InChI is InChI=1S/C46H62O6/c1-29-13-11-23-45(7,8)41(29)39(47)27-31(3)33(5)43(49)35-15-19-37(20-16-35)51-25-26-52-38-21-17-36(18-22-38)44(50)34(6)32(4)28-40(48)42-30(2)14-12-24-46(42,9)10/h15-22,31-34H,11-14,23-28H2,1-10H3. The average molecular weight is 711 g/mol. The molecule has 0 aliphatic heterocycles. The van der Waals surface area contributed by atoms with Crippen molar-refractivity contribution in [2.45, 2.75) is 121 Å². The number of hydrogen-bond acceptors (Lipinski definition) is 6. The van der Waals surface area contributed by atoms with E-state index in [0.717, 1.165) is 49.7 Å². The van der Waals surface area contributed by atoms with Crippen molar-refractivity contribution in [2.24, 2.45) is 34.5 Å². The Morgan fingerprint density at radius 2 is 0.904 bits per heavy atom. The molecule has 2 aliphatic rings. The predicted molar refractivity (Wildman–Crippen MR) is 209 cm³/mol. The number of benzene rings is 2. The number of hydrogen-bond donors (Lipinski definition) is 0. The van der Waals surface area contributed by atoms with Crippen molar-refractivity contribution in [1.82, 2.24) is 0 Å². The molecule has 0 fully saturated rings. The minimum Gasteiger partial charge on any atom is -0.490 e. The monoisotopic (exact) mass is 710 g/mol. The number of rotatable bonds is 17. The maximum atomic E-state index is 13.3. The maximum Gasteiger partial charge on any atom is 0.165 e. The maximum absolute atomic E-state index is 13.3. The second-order valence-corrected chi connectivity index (χ2v) is 17.0. The molecule has 0 amide bonds. The molecule has 2 aliphatic carbocycles. The second kappa shape index (κ2) is 17.4. The zero-order valence-electron chi connectivity index (χ0n) is 33.4. The van der Waals surface area contributed by atoms with E-state index in [2.05, 4.69) is 41.5 Å². The highest BCUT2D eigenvalue weighted by atomic mass is 16.5. The molecule has 0 spiro atoms. The molecule has 2 aromatic rings. The first-order valence-corrected chi connectivity index (χ1v) is 19.4. The largest absolute Gasteiger partial charge is 0.490 e. The highest BCUT2D eigenvalue weighted by Gasteiger charge is 2.36. The van der Waals surface area contributed by atoms with Gasteiger partial charge in [-0.1, -0.05) is 66.5 Å². The molecule has 0 N–H and O–H groups in total. The molecule has 52 heavy (non-hydrogen) atoms. The Morgan fingerprint density at radius 3 is 1.21 bits per heavy atom. The number of carbonyl (C=O) groups excluding carboxylic acids is 4. The van der Waals surface area contributed by atoms with Gasteiger partial charge in [0.1, 0.15) is 24.7 Å². The molecule has 282 valence electrons. The summed E-state index contributed by atoms with van der Waals surface area (Å²) in [6.07, 6.45) is 6.98. The molecular formula is C46H62O6. The van der Waals surface area contributed by atoms with Crippen LogP contribution in [0.5, 0.6) is 11.5 Å². The van der Waals surface area contributed by atoms with E-state index in [4.69, 9.17) is 9.47 Å². The summed E-state index contributed by atoms with van der Waals surface area (Å²) in [5, 5.41) is 0. The fourth-order valence-electron chi connectivity index (χ4n) is 8.41. The number of Topliss-reactive ketones (excluding diaryl/α,β-unsaturated/α-hetero) is 4. The first kappa shape index (κ1) is 41.0. The molecule has 4 unspecified atom stereocenters. The van der Waals surface area contributed by atoms with Gasteiger partial charge >= 0.3 is 0 Å². The van der Waals surface area contributed by atoms with Crippen molar-refractivity contribution in [3.63, 3.8) is 0 Å². The number of ether oxygens (including phenoxy) is 2. The van der Waals surface area contributed by atoms with Gasteiger partial charge in [-0.15, -0.1) is 0 Å². The Morgan fingerprint density at radius 1 is 0.577 bits per heavy atom. The summed E-state index contributed by atoms with van der Waals surface area (Å²) in [6, 6.07) is 14.3. The Kier molecular flexibility index (Phi) is 13.7. The first-order chi connectivity index (χ1) is 24.4. The van der Waals surface area contributed by atoms with Gasteiger partial charge in [-0.3, -0.25) is 19.2 Å². The van der Waals surface area contributed by atoms with Gasteiger partial charge in [-0.05, 0) is 135 Å². The van der Waals surface area contributed by atoms with Gasteiger partial charge in [0, 0.05) is 35.8 Å². The molecule has 0 radical (unpaired) electrons. The zero-order valence-corrected chi connectivity index (χ0v) is 33.4. The van der Waals surface area contributed by atoms with E-state index in [9.17, 15) is 19.2 Å². The molecule has 0 aromatic heterocycles.